The number of hydrogen-bond donors (Lipinski definition) is 1. The number of carbonyl (C=O) groups excluding carboxylic acids is 1. The average Bonchev–Trinajstić information content (AvgIpc) is 3.15. The predicted octanol–water partition coefficient (Wildman–Crippen LogP) is 4.02. The van der Waals surface area contributed by atoms with Gasteiger partial charge < -0.3 is 5.32 Å². The van der Waals surface area contributed by atoms with Crippen molar-refractivity contribution in [3.05, 3.63) is 81.2 Å². The van der Waals surface area contributed by atoms with Gasteiger partial charge in [-0.05, 0) is 55.8 Å². The number of carbonyl (C=O) groups is 1. The summed E-state index contributed by atoms with van der Waals surface area (Å²) in [7, 11) is 0. The monoisotopic (exact) mass is 439 g/mol. The molecule has 0 aliphatic rings. The van der Waals surface area contributed by atoms with E-state index >= 15 is 0 Å². The van der Waals surface area contributed by atoms with E-state index in [0.717, 1.165) is 5.56 Å². The van der Waals surface area contributed by atoms with Gasteiger partial charge in [0, 0.05) is 23.7 Å². The van der Waals surface area contributed by atoms with Crippen LogP contribution in [0.3, 0.4) is 0 Å². The summed E-state index contributed by atoms with van der Waals surface area (Å²) in [5.41, 5.74) is 2.20. The van der Waals surface area contributed by atoms with Crippen molar-refractivity contribution in [1.82, 2.24) is 19.3 Å². The van der Waals surface area contributed by atoms with Crippen LogP contribution in [0.1, 0.15) is 17.8 Å². The Bertz CT molecular complexity index is 1340. The highest BCUT2D eigenvalue weighted by Gasteiger charge is 2.15. The minimum Gasteiger partial charge on any atom is -0.326 e. The van der Waals surface area contributed by atoms with Crippen LogP contribution in [0.2, 0.25) is 5.02 Å². The maximum atomic E-state index is 13.2. The zero-order chi connectivity index (χ0) is 22.1. The Hall–Kier alpha value is -3.52. The maximum absolute atomic E-state index is 13.2. The molecule has 1 N–H and O–H groups in total. The molecule has 31 heavy (non-hydrogen) atoms. The Kier molecular flexibility index (Phi) is 5.56. The van der Waals surface area contributed by atoms with Gasteiger partial charge in [0.25, 0.3) is 5.56 Å². The van der Waals surface area contributed by atoms with Crippen LogP contribution in [0.5, 0.6) is 0 Å². The third kappa shape index (κ3) is 4.20. The van der Waals surface area contributed by atoms with Gasteiger partial charge in [-0.1, -0.05) is 17.7 Å². The number of aryl methyl sites for hydroxylation is 2. The van der Waals surface area contributed by atoms with Crippen molar-refractivity contribution in [2.24, 2.45) is 0 Å². The number of aromatic nitrogens is 4. The van der Waals surface area contributed by atoms with Crippen molar-refractivity contribution in [2.75, 3.05) is 5.32 Å². The van der Waals surface area contributed by atoms with E-state index < -0.39 is 0 Å². The molecule has 0 unspecified atom stereocenters. The SMILES string of the molecule is Cc1ccc(NC(=O)CCn2c(C)nc3c(cnn3-c3ccc(F)cc3)c2=O)cc1Cl. The van der Waals surface area contributed by atoms with Crippen LogP contribution < -0.4 is 10.9 Å². The Balaban J connectivity index is 1.55. The lowest BCUT2D eigenvalue weighted by Crippen LogP contribution is -2.26. The maximum Gasteiger partial charge on any atom is 0.264 e. The summed E-state index contributed by atoms with van der Waals surface area (Å²) >= 11 is 6.09. The third-order valence-electron chi connectivity index (χ3n) is 4.97. The summed E-state index contributed by atoms with van der Waals surface area (Å²) in [6, 6.07) is 11.0. The van der Waals surface area contributed by atoms with E-state index in [0.29, 0.717) is 33.3 Å². The normalized spacial score (nSPS) is 11.1. The summed E-state index contributed by atoms with van der Waals surface area (Å²) in [6.07, 6.45) is 1.52. The molecule has 1 amide bonds. The first kappa shape index (κ1) is 20.7. The lowest BCUT2D eigenvalue weighted by molar-refractivity contribution is -0.116. The number of hydrogen-bond acceptors (Lipinski definition) is 4. The number of benzene rings is 2. The standard InChI is InChI=1S/C22H19ClFN5O2/c1-13-3-6-16(11-19(13)23)27-20(30)9-10-28-14(2)26-21-18(22(28)31)12-25-29(21)17-7-4-15(24)5-8-17/h3-8,11-12H,9-10H2,1-2H3,(H,27,30). The van der Waals surface area contributed by atoms with Crippen molar-refractivity contribution in [2.45, 2.75) is 26.8 Å². The number of fused-ring (bicyclic) bond motifs is 1. The molecule has 0 saturated heterocycles. The van der Waals surface area contributed by atoms with Crippen molar-refractivity contribution in [3.63, 3.8) is 0 Å². The molecule has 0 aliphatic carbocycles. The Morgan fingerprint density at radius 2 is 1.90 bits per heavy atom. The topological polar surface area (TPSA) is 81.8 Å². The summed E-state index contributed by atoms with van der Waals surface area (Å²) < 4.78 is 16.1. The van der Waals surface area contributed by atoms with E-state index in [2.05, 4.69) is 15.4 Å². The molecule has 2 aromatic carbocycles. The van der Waals surface area contributed by atoms with Crippen LogP contribution in [0, 0.1) is 19.7 Å². The molecule has 7 nitrogen and oxygen atoms in total. The second-order valence-corrected chi connectivity index (χ2v) is 7.56. The van der Waals surface area contributed by atoms with Crippen molar-refractivity contribution >= 4 is 34.2 Å². The number of nitrogens with one attached hydrogen (secondary N) is 1. The van der Waals surface area contributed by atoms with E-state index in [1.54, 1.807) is 31.2 Å². The van der Waals surface area contributed by atoms with E-state index in [1.807, 2.05) is 13.0 Å². The molecule has 4 aromatic rings. The number of rotatable bonds is 5. The molecule has 0 bridgehead atoms. The van der Waals surface area contributed by atoms with Gasteiger partial charge in [-0.2, -0.15) is 5.10 Å². The molecule has 2 heterocycles. The molecule has 0 radical (unpaired) electrons. The highest BCUT2D eigenvalue weighted by Crippen LogP contribution is 2.20. The van der Waals surface area contributed by atoms with Gasteiger partial charge in [0.15, 0.2) is 5.65 Å². The molecule has 0 aliphatic heterocycles. The summed E-state index contributed by atoms with van der Waals surface area (Å²) in [5, 5.41) is 7.90. The van der Waals surface area contributed by atoms with Gasteiger partial charge in [0.2, 0.25) is 5.91 Å². The van der Waals surface area contributed by atoms with E-state index in [1.165, 1.54) is 27.6 Å². The Labute approximate surface area is 182 Å². The molecule has 0 saturated carbocycles. The first-order chi connectivity index (χ1) is 14.8. The van der Waals surface area contributed by atoms with Crippen LogP contribution in [-0.2, 0) is 11.3 Å². The highest BCUT2D eigenvalue weighted by atomic mass is 35.5. The van der Waals surface area contributed by atoms with Crippen LogP contribution in [0.25, 0.3) is 16.7 Å². The third-order valence-corrected chi connectivity index (χ3v) is 5.37. The molecular formula is C22H19ClFN5O2. The first-order valence-electron chi connectivity index (χ1n) is 9.60. The van der Waals surface area contributed by atoms with Crippen LogP contribution in [-0.4, -0.2) is 25.2 Å². The van der Waals surface area contributed by atoms with Gasteiger partial charge in [-0.25, -0.2) is 14.1 Å². The van der Waals surface area contributed by atoms with Crippen molar-refractivity contribution in [1.29, 1.82) is 0 Å². The van der Waals surface area contributed by atoms with Crippen molar-refractivity contribution < 1.29 is 9.18 Å². The first-order valence-corrected chi connectivity index (χ1v) is 9.98. The Morgan fingerprint density at radius 1 is 1.16 bits per heavy atom. The fraction of sp³-hybridized carbons (Fsp3) is 0.182. The molecular weight excluding hydrogens is 421 g/mol. The number of anilines is 1. The Morgan fingerprint density at radius 3 is 2.61 bits per heavy atom. The van der Waals surface area contributed by atoms with Gasteiger partial charge in [0.05, 0.1) is 11.9 Å². The second kappa shape index (κ2) is 8.31. The minimum atomic E-state index is -0.363. The molecule has 0 atom stereocenters. The summed E-state index contributed by atoms with van der Waals surface area (Å²) in [6.45, 7) is 3.74. The number of nitrogens with zero attached hydrogens (tertiary/aromatic N) is 4. The zero-order valence-electron chi connectivity index (χ0n) is 16.9. The van der Waals surface area contributed by atoms with E-state index in [9.17, 15) is 14.0 Å². The molecule has 0 fully saturated rings. The molecule has 0 spiro atoms. The van der Waals surface area contributed by atoms with Gasteiger partial charge in [0.1, 0.15) is 17.0 Å². The summed E-state index contributed by atoms with van der Waals surface area (Å²) in [4.78, 5) is 29.8. The van der Waals surface area contributed by atoms with Gasteiger partial charge >= 0.3 is 0 Å². The van der Waals surface area contributed by atoms with Crippen LogP contribution in [0.15, 0.2) is 53.5 Å². The van der Waals surface area contributed by atoms with E-state index in [4.69, 9.17) is 11.6 Å². The van der Waals surface area contributed by atoms with E-state index in [-0.39, 0.29) is 30.2 Å². The minimum absolute atomic E-state index is 0.0888. The fourth-order valence-electron chi connectivity index (χ4n) is 3.25. The highest BCUT2D eigenvalue weighted by molar-refractivity contribution is 6.31. The van der Waals surface area contributed by atoms with Crippen LogP contribution in [0.4, 0.5) is 10.1 Å². The quantitative estimate of drug-likeness (QED) is 0.509. The summed E-state index contributed by atoms with van der Waals surface area (Å²) in [5.74, 6) is -0.154. The smallest absolute Gasteiger partial charge is 0.264 e. The fourth-order valence-corrected chi connectivity index (χ4v) is 3.43. The average molecular weight is 440 g/mol. The predicted molar refractivity (Wildman–Crippen MR) is 117 cm³/mol. The van der Waals surface area contributed by atoms with Crippen molar-refractivity contribution in [3.8, 4) is 5.69 Å². The lowest BCUT2D eigenvalue weighted by atomic mass is 10.2. The van der Waals surface area contributed by atoms with Crippen LogP contribution >= 0.6 is 11.6 Å². The molecule has 9 heteroatoms. The van der Waals surface area contributed by atoms with Gasteiger partial charge in [-0.3, -0.25) is 14.2 Å². The number of halogens is 2. The lowest BCUT2D eigenvalue weighted by Gasteiger charge is -2.11. The largest absolute Gasteiger partial charge is 0.326 e. The number of amides is 1. The molecule has 4 rings (SSSR count). The molecule has 158 valence electrons. The second-order valence-electron chi connectivity index (χ2n) is 7.15. The van der Waals surface area contributed by atoms with Gasteiger partial charge in [-0.15, -0.1) is 0 Å². The zero-order valence-corrected chi connectivity index (χ0v) is 17.7. The molecule has 2 aromatic heterocycles.